The zero-order chi connectivity index (χ0) is 23.5. The minimum Gasteiger partial charge on any atom is -0.508 e. The number of amides is 2. The third kappa shape index (κ3) is 7.80. The number of nitrogens with one attached hydrogen (secondary N) is 2. The Balaban J connectivity index is 2.01. The summed E-state index contributed by atoms with van der Waals surface area (Å²) in [6.07, 6.45) is -0.461. The topological polar surface area (TPSA) is 171 Å². The van der Waals surface area contributed by atoms with Gasteiger partial charge in [0, 0.05) is 12.5 Å². The summed E-state index contributed by atoms with van der Waals surface area (Å²) in [6, 6.07) is 10.3. The highest BCUT2D eigenvalue weighted by molar-refractivity contribution is 5.89. The van der Waals surface area contributed by atoms with Crippen LogP contribution in [0.3, 0.4) is 0 Å². The first-order valence-electron chi connectivity index (χ1n) is 10.0. The summed E-state index contributed by atoms with van der Waals surface area (Å²) < 4.78 is 5.13. The summed E-state index contributed by atoms with van der Waals surface area (Å²) >= 11 is 0. The van der Waals surface area contributed by atoms with E-state index in [0.29, 0.717) is 6.42 Å². The molecule has 172 valence electrons. The highest BCUT2D eigenvalue weighted by Crippen LogP contribution is 2.23. The van der Waals surface area contributed by atoms with Crippen LogP contribution in [0.15, 0.2) is 48.5 Å². The van der Waals surface area contributed by atoms with Gasteiger partial charge in [0.05, 0.1) is 0 Å². The van der Waals surface area contributed by atoms with Crippen molar-refractivity contribution < 1.29 is 34.4 Å². The highest BCUT2D eigenvalue weighted by Gasteiger charge is 2.27. The zero-order valence-corrected chi connectivity index (χ0v) is 17.4. The van der Waals surface area contributed by atoms with Crippen LogP contribution in [-0.2, 0) is 27.4 Å². The maximum absolute atomic E-state index is 12.7. The smallest absolute Gasteiger partial charge is 0.408 e. The van der Waals surface area contributed by atoms with Crippen LogP contribution in [-0.4, -0.2) is 51.9 Å². The molecule has 10 heteroatoms. The lowest BCUT2D eigenvalue weighted by Gasteiger charge is -2.21. The molecule has 2 atom stereocenters. The number of benzene rings is 2. The number of aliphatic carboxylic acids is 1. The van der Waals surface area contributed by atoms with Gasteiger partial charge in [0.15, 0.2) is 0 Å². The van der Waals surface area contributed by atoms with Gasteiger partial charge in [-0.3, -0.25) is 4.79 Å². The maximum atomic E-state index is 12.7. The van der Waals surface area contributed by atoms with Crippen molar-refractivity contribution in [1.82, 2.24) is 10.6 Å². The second-order valence-electron chi connectivity index (χ2n) is 7.11. The SMILES string of the molecule is NCCCC(NC(=O)OCc1ccccc1)C(=O)N[C@@H](Cc1ccc(O)cc1O)C(=O)O. The second kappa shape index (κ2) is 12.2. The van der Waals surface area contributed by atoms with Crippen molar-refractivity contribution in [3.8, 4) is 11.5 Å². The molecule has 1 unspecified atom stereocenters. The van der Waals surface area contributed by atoms with Gasteiger partial charge in [0.25, 0.3) is 0 Å². The fourth-order valence-electron chi connectivity index (χ4n) is 2.91. The van der Waals surface area contributed by atoms with Gasteiger partial charge in [0.2, 0.25) is 5.91 Å². The third-order valence-corrected chi connectivity index (χ3v) is 4.63. The number of hydrogen-bond acceptors (Lipinski definition) is 7. The number of aromatic hydroxyl groups is 2. The molecule has 0 aliphatic heterocycles. The number of nitrogens with two attached hydrogens (primary N) is 1. The van der Waals surface area contributed by atoms with Crippen molar-refractivity contribution in [1.29, 1.82) is 0 Å². The monoisotopic (exact) mass is 445 g/mol. The molecular formula is C22H27N3O7. The average molecular weight is 445 g/mol. The van der Waals surface area contributed by atoms with Crippen LogP contribution < -0.4 is 16.4 Å². The number of hydrogen-bond donors (Lipinski definition) is 6. The van der Waals surface area contributed by atoms with E-state index in [1.165, 1.54) is 12.1 Å². The summed E-state index contributed by atoms with van der Waals surface area (Å²) in [5, 5.41) is 33.6. The summed E-state index contributed by atoms with van der Waals surface area (Å²) in [5.74, 6) is -2.52. The third-order valence-electron chi connectivity index (χ3n) is 4.63. The molecule has 0 bridgehead atoms. The van der Waals surface area contributed by atoms with Crippen LogP contribution in [0.5, 0.6) is 11.5 Å². The quantitative estimate of drug-likeness (QED) is 0.300. The van der Waals surface area contributed by atoms with Crippen molar-refractivity contribution in [2.75, 3.05) is 6.54 Å². The average Bonchev–Trinajstić information content (AvgIpc) is 2.76. The number of ether oxygens (including phenoxy) is 1. The Morgan fingerprint density at radius 3 is 2.34 bits per heavy atom. The van der Waals surface area contributed by atoms with E-state index in [4.69, 9.17) is 10.5 Å². The first kappa shape index (κ1) is 24.5. The predicted octanol–water partition coefficient (Wildman–Crippen LogP) is 1.24. The molecule has 2 aromatic carbocycles. The molecule has 0 spiro atoms. The molecule has 10 nitrogen and oxygen atoms in total. The lowest BCUT2D eigenvalue weighted by atomic mass is 10.0. The minimum absolute atomic E-state index is 0.00970. The summed E-state index contributed by atoms with van der Waals surface area (Å²) in [6.45, 7) is 0.282. The Morgan fingerprint density at radius 2 is 1.72 bits per heavy atom. The Morgan fingerprint density at radius 1 is 1.00 bits per heavy atom. The van der Waals surface area contributed by atoms with Crippen molar-refractivity contribution >= 4 is 18.0 Å². The highest BCUT2D eigenvalue weighted by atomic mass is 16.5. The Hall–Kier alpha value is -3.79. The maximum Gasteiger partial charge on any atom is 0.408 e. The van der Waals surface area contributed by atoms with Gasteiger partial charge in [-0.25, -0.2) is 9.59 Å². The van der Waals surface area contributed by atoms with E-state index >= 15 is 0 Å². The number of rotatable bonds is 11. The van der Waals surface area contributed by atoms with Crippen molar-refractivity contribution in [2.45, 2.75) is 38.0 Å². The van der Waals surface area contributed by atoms with E-state index in [1.54, 1.807) is 24.3 Å². The predicted molar refractivity (Wildman–Crippen MR) is 115 cm³/mol. The van der Waals surface area contributed by atoms with Crippen LogP contribution in [0, 0.1) is 0 Å². The van der Waals surface area contributed by atoms with E-state index < -0.39 is 30.1 Å². The van der Waals surface area contributed by atoms with E-state index in [1.807, 2.05) is 6.07 Å². The molecule has 0 aromatic heterocycles. The Bertz CT molecular complexity index is 921. The molecule has 2 amide bonds. The molecule has 32 heavy (non-hydrogen) atoms. The van der Waals surface area contributed by atoms with E-state index in [9.17, 15) is 29.7 Å². The molecule has 2 aromatic rings. The summed E-state index contributed by atoms with van der Waals surface area (Å²) in [7, 11) is 0. The number of carboxylic acids is 1. The lowest BCUT2D eigenvalue weighted by Crippen LogP contribution is -2.52. The molecule has 0 radical (unpaired) electrons. The number of carbonyl (C=O) groups is 3. The van der Waals surface area contributed by atoms with Gasteiger partial charge in [-0.2, -0.15) is 0 Å². The van der Waals surface area contributed by atoms with Crippen LogP contribution in [0.25, 0.3) is 0 Å². The fourth-order valence-corrected chi connectivity index (χ4v) is 2.91. The molecule has 7 N–H and O–H groups in total. The lowest BCUT2D eigenvalue weighted by molar-refractivity contribution is -0.142. The van der Waals surface area contributed by atoms with Gasteiger partial charge in [-0.1, -0.05) is 36.4 Å². The van der Waals surface area contributed by atoms with Crippen LogP contribution in [0.2, 0.25) is 0 Å². The van der Waals surface area contributed by atoms with E-state index in [-0.39, 0.29) is 43.1 Å². The first-order valence-corrected chi connectivity index (χ1v) is 10.0. The molecule has 0 heterocycles. The number of carbonyl (C=O) groups excluding carboxylic acids is 2. The molecule has 0 aliphatic carbocycles. The fraction of sp³-hybridized carbons (Fsp3) is 0.318. The molecule has 0 saturated carbocycles. The zero-order valence-electron chi connectivity index (χ0n) is 17.4. The largest absolute Gasteiger partial charge is 0.508 e. The molecule has 2 rings (SSSR count). The second-order valence-corrected chi connectivity index (χ2v) is 7.11. The van der Waals surface area contributed by atoms with Gasteiger partial charge < -0.3 is 36.4 Å². The molecular weight excluding hydrogens is 418 g/mol. The first-order chi connectivity index (χ1) is 15.3. The van der Waals surface area contributed by atoms with Crippen molar-refractivity contribution in [3.05, 3.63) is 59.7 Å². The van der Waals surface area contributed by atoms with Gasteiger partial charge in [0.1, 0.15) is 30.2 Å². The standard InChI is InChI=1S/C22H27N3O7/c23-10-4-7-17(25-22(31)32-13-14-5-2-1-3-6-14)20(28)24-18(21(29)30)11-15-8-9-16(26)12-19(15)27/h1-3,5-6,8-9,12,17-18,26-27H,4,7,10-11,13,23H2,(H,24,28)(H,25,31)(H,29,30)/t17?,18-/m0/s1. The molecule has 0 fully saturated rings. The van der Waals surface area contributed by atoms with E-state index in [2.05, 4.69) is 10.6 Å². The Kier molecular flexibility index (Phi) is 9.30. The van der Waals surface area contributed by atoms with Crippen LogP contribution in [0.4, 0.5) is 4.79 Å². The number of phenols is 2. The van der Waals surface area contributed by atoms with Gasteiger partial charge in [-0.05, 0) is 36.6 Å². The van der Waals surface area contributed by atoms with Crippen molar-refractivity contribution in [2.24, 2.45) is 5.73 Å². The van der Waals surface area contributed by atoms with Crippen molar-refractivity contribution in [3.63, 3.8) is 0 Å². The number of phenolic OH excluding ortho intramolecular Hbond substituents is 2. The summed E-state index contributed by atoms with van der Waals surface area (Å²) in [5.41, 5.74) is 6.50. The molecule has 0 aliphatic rings. The van der Waals surface area contributed by atoms with Crippen LogP contribution in [0.1, 0.15) is 24.0 Å². The molecule has 0 saturated heterocycles. The van der Waals surface area contributed by atoms with E-state index in [0.717, 1.165) is 11.6 Å². The minimum atomic E-state index is -1.37. The number of carboxylic acid groups (broad SMARTS) is 1. The van der Waals surface area contributed by atoms with Gasteiger partial charge >= 0.3 is 12.1 Å². The normalized spacial score (nSPS) is 12.4. The van der Waals surface area contributed by atoms with Gasteiger partial charge in [-0.15, -0.1) is 0 Å². The summed E-state index contributed by atoms with van der Waals surface area (Å²) in [4.78, 5) is 36.5. The van der Waals surface area contributed by atoms with Crippen LogP contribution >= 0.6 is 0 Å². The Labute approximate surface area is 185 Å². The number of alkyl carbamates (subject to hydrolysis) is 1.